The fourth-order valence-electron chi connectivity index (χ4n) is 0.714. The molecule has 0 nitrogen and oxygen atoms in total. The summed E-state index contributed by atoms with van der Waals surface area (Å²) in [5.41, 5.74) is 0.0499. The van der Waals surface area contributed by atoms with Gasteiger partial charge in [-0.3, -0.25) is 0 Å². The number of hydrogen-bond acceptors (Lipinski definition) is 1. The summed E-state index contributed by atoms with van der Waals surface area (Å²) in [6.07, 6.45) is 0. The van der Waals surface area contributed by atoms with Crippen LogP contribution >= 0.6 is 12.6 Å². The smallest absolute Gasteiger partial charge is 0.195 e. The van der Waals surface area contributed by atoms with Gasteiger partial charge in [-0.25, -0.2) is 13.2 Å². The average Bonchev–Trinajstić information content (AvgIpc) is 1.97. The van der Waals surface area contributed by atoms with Crippen molar-refractivity contribution in [2.75, 3.05) is 0 Å². The van der Waals surface area contributed by atoms with Crippen molar-refractivity contribution in [2.45, 2.75) is 11.8 Å². The van der Waals surface area contributed by atoms with Gasteiger partial charge in [-0.15, -0.1) is 12.6 Å². The Hall–Kier alpha value is -0.640. The second-order valence-electron chi connectivity index (χ2n) is 2.15. The highest BCUT2D eigenvalue weighted by Gasteiger charge is 2.13. The lowest BCUT2D eigenvalue weighted by atomic mass is 10.2. The van der Waals surface area contributed by atoms with Crippen LogP contribution in [0.4, 0.5) is 13.2 Å². The molecule has 0 saturated carbocycles. The van der Waals surface area contributed by atoms with Gasteiger partial charge in [0, 0.05) is 4.90 Å². The molecule has 0 spiro atoms. The van der Waals surface area contributed by atoms with Crippen LogP contribution in [-0.4, -0.2) is 0 Å². The summed E-state index contributed by atoms with van der Waals surface area (Å²) in [6.45, 7) is 1.34. The molecule has 0 heterocycles. The van der Waals surface area contributed by atoms with Gasteiger partial charge in [0.1, 0.15) is 0 Å². The van der Waals surface area contributed by atoms with Gasteiger partial charge in [0.2, 0.25) is 0 Å². The van der Waals surface area contributed by atoms with Crippen LogP contribution in [0.2, 0.25) is 0 Å². The largest absolute Gasteiger partial charge is 0.203 e. The Balaban J connectivity index is 3.46. The predicted molar refractivity (Wildman–Crippen MR) is 38.3 cm³/mol. The minimum atomic E-state index is -1.46. The molecule has 0 aliphatic carbocycles. The molecule has 0 amide bonds. The van der Waals surface area contributed by atoms with E-state index in [1.54, 1.807) is 0 Å². The first kappa shape index (κ1) is 8.46. The van der Waals surface area contributed by atoms with Crippen molar-refractivity contribution in [3.8, 4) is 0 Å². The maximum absolute atomic E-state index is 12.5. The first-order valence-corrected chi connectivity index (χ1v) is 3.32. The van der Waals surface area contributed by atoms with Gasteiger partial charge >= 0.3 is 0 Å². The Morgan fingerprint density at radius 2 is 1.64 bits per heavy atom. The number of benzene rings is 1. The standard InChI is InChI=1S/C7H5F3S/c1-3-2-4(11)6(9)7(10)5(3)8/h2,11H,1H3. The van der Waals surface area contributed by atoms with Crippen LogP contribution in [0.5, 0.6) is 0 Å². The number of halogens is 3. The van der Waals surface area contributed by atoms with Crippen molar-refractivity contribution in [3.63, 3.8) is 0 Å². The maximum Gasteiger partial charge on any atom is 0.195 e. The highest BCUT2D eigenvalue weighted by atomic mass is 32.1. The Morgan fingerprint density at radius 3 is 2.18 bits per heavy atom. The van der Waals surface area contributed by atoms with Crippen LogP contribution in [0.1, 0.15) is 5.56 Å². The molecule has 0 aromatic heterocycles. The van der Waals surface area contributed by atoms with E-state index in [1.165, 1.54) is 6.92 Å². The fraction of sp³-hybridized carbons (Fsp3) is 0.143. The maximum atomic E-state index is 12.5. The third kappa shape index (κ3) is 1.35. The second kappa shape index (κ2) is 2.77. The highest BCUT2D eigenvalue weighted by Crippen LogP contribution is 2.21. The van der Waals surface area contributed by atoms with Crippen LogP contribution in [0, 0.1) is 24.4 Å². The van der Waals surface area contributed by atoms with Crippen LogP contribution in [0.3, 0.4) is 0 Å². The summed E-state index contributed by atoms with van der Waals surface area (Å²) >= 11 is 3.60. The fourth-order valence-corrected chi connectivity index (χ4v) is 1.01. The first-order valence-electron chi connectivity index (χ1n) is 2.87. The predicted octanol–water partition coefficient (Wildman–Crippen LogP) is 2.70. The van der Waals surface area contributed by atoms with E-state index < -0.39 is 17.5 Å². The Kier molecular flexibility index (Phi) is 2.13. The lowest BCUT2D eigenvalue weighted by molar-refractivity contribution is 0.432. The van der Waals surface area contributed by atoms with E-state index in [9.17, 15) is 13.2 Å². The van der Waals surface area contributed by atoms with Gasteiger partial charge in [0.05, 0.1) is 0 Å². The lowest BCUT2D eigenvalue weighted by Crippen LogP contribution is -1.94. The number of hydrogen-bond donors (Lipinski definition) is 1. The molecule has 11 heavy (non-hydrogen) atoms. The van der Waals surface area contributed by atoms with Crippen molar-refractivity contribution < 1.29 is 13.2 Å². The summed E-state index contributed by atoms with van der Waals surface area (Å²) in [7, 11) is 0. The molecular weight excluding hydrogens is 173 g/mol. The summed E-state index contributed by atoms with van der Waals surface area (Å²) in [5, 5.41) is 0. The Labute approximate surface area is 67.4 Å². The van der Waals surface area contributed by atoms with Crippen molar-refractivity contribution in [2.24, 2.45) is 0 Å². The van der Waals surface area contributed by atoms with Crippen LogP contribution in [-0.2, 0) is 0 Å². The van der Waals surface area contributed by atoms with Crippen molar-refractivity contribution in [1.29, 1.82) is 0 Å². The molecular formula is C7H5F3S. The Morgan fingerprint density at radius 1 is 1.09 bits per heavy atom. The zero-order chi connectivity index (χ0) is 8.59. The molecule has 0 radical (unpaired) electrons. The summed E-state index contributed by atoms with van der Waals surface area (Å²) in [5.74, 6) is -3.85. The first-order chi connectivity index (χ1) is 5.04. The monoisotopic (exact) mass is 178 g/mol. The molecule has 0 aliphatic heterocycles. The van der Waals surface area contributed by atoms with Gasteiger partial charge in [0.25, 0.3) is 0 Å². The van der Waals surface area contributed by atoms with Crippen LogP contribution in [0.25, 0.3) is 0 Å². The van der Waals surface area contributed by atoms with Gasteiger partial charge in [0.15, 0.2) is 17.5 Å². The van der Waals surface area contributed by atoms with Gasteiger partial charge in [-0.1, -0.05) is 0 Å². The number of rotatable bonds is 0. The third-order valence-corrected chi connectivity index (χ3v) is 1.64. The Bertz CT molecular complexity index is 270. The van der Waals surface area contributed by atoms with E-state index >= 15 is 0 Å². The summed E-state index contributed by atoms with van der Waals surface area (Å²) in [4.78, 5) is -0.179. The molecule has 0 aliphatic rings. The third-order valence-electron chi connectivity index (χ3n) is 1.31. The van der Waals surface area contributed by atoms with E-state index in [4.69, 9.17) is 0 Å². The average molecular weight is 178 g/mol. The lowest BCUT2D eigenvalue weighted by Gasteiger charge is -2.00. The number of aryl methyl sites for hydroxylation is 1. The molecule has 0 saturated heterocycles. The highest BCUT2D eigenvalue weighted by molar-refractivity contribution is 7.80. The molecule has 1 aromatic carbocycles. The van der Waals surface area contributed by atoms with E-state index in [1.807, 2.05) is 0 Å². The summed E-state index contributed by atoms with van der Waals surface area (Å²) < 4.78 is 37.5. The zero-order valence-electron chi connectivity index (χ0n) is 5.66. The van der Waals surface area contributed by atoms with Crippen molar-refractivity contribution in [3.05, 3.63) is 29.1 Å². The molecule has 1 aromatic rings. The molecule has 60 valence electrons. The molecule has 0 fully saturated rings. The van der Waals surface area contributed by atoms with E-state index in [0.29, 0.717) is 0 Å². The zero-order valence-corrected chi connectivity index (χ0v) is 6.55. The molecule has 0 N–H and O–H groups in total. The molecule has 1 rings (SSSR count). The summed E-state index contributed by atoms with van der Waals surface area (Å²) in [6, 6.07) is 1.14. The normalized spacial score (nSPS) is 10.3. The van der Waals surface area contributed by atoms with Crippen molar-refractivity contribution >= 4 is 12.6 Å². The quantitative estimate of drug-likeness (QED) is 0.458. The molecule has 4 heteroatoms. The molecule has 0 unspecified atom stereocenters. The minimum Gasteiger partial charge on any atom is -0.203 e. The van der Waals surface area contributed by atoms with E-state index in [2.05, 4.69) is 12.6 Å². The van der Waals surface area contributed by atoms with Crippen LogP contribution < -0.4 is 0 Å². The van der Waals surface area contributed by atoms with Crippen molar-refractivity contribution in [1.82, 2.24) is 0 Å². The topological polar surface area (TPSA) is 0 Å². The second-order valence-corrected chi connectivity index (χ2v) is 2.64. The van der Waals surface area contributed by atoms with Gasteiger partial charge in [-0.05, 0) is 18.6 Å². The SMILES string of the molecule is Cc1cc(S)c(F)c(F)c1F. The van der Waals surface area contributed by atoms with E-state index in [-0.39, 0.29) is 10.5 Å². The minimum absolute atomic E-state index is 0.0499. The van der Waals surface area contributed by atoms with E-state index in [0.717, 1.165) is 6.07 Å². The number of thiol groups is 1. The van der Waals surface area contributed by atoms with Gasteiger partial charge in [-0.2, -0.15) is 0 Å². The molecule has 0 atom stereocenters. The van der Waals surface area contributed by atoms with Crippen LogP contribution in [0.15, 0.2) is 11.0 Å². The van der Waals surface area contributed by atoms with Gasteiger partial charge < -0.3 is 0 Å². The molecule has 0 bridgehead atoms.